The Balaban J connectivity index is 2.07. The van der Waals surface area contributed by atoms with Crippen molar-refractivity contribution >= 4 is 11.9 Å². The Morgan fingerprint density at radius 2 is 1.76 bits per heavy atom. The Hall–Kier alpha value is -2.36. The van der Waals surface area contributed by atoms with Crippen LogP contribution in [0.25, 0.3) is 0 Å². The van der Waals surface area contributed by atoms with Gasteiger partial charge in [-0.3, -0.25) is 0 Å². The Labute approximate surface area is 97.4 Å². The number of carbonyl (C=O) groups excluding carboxylic acids is 2. The molecule has 0 amide bonds. The number of rotatable bonds is 2. The fraction of sp³-hybridized carbons (Fsp3) is 0.0769. The molecule has 4 heteroatoms. The van der Waals surface area contributed by atoms with Crippen molar-refractivity contribution < 1.29 is 14.3 Å². The molecule has 0 radical (unpaired) electrons. The predicted octanol–water partition coefficient (Wildman–Crippen LogP) is 1.85. The van der Waals surface area contributed by atoms with E-state index in [0.29, 0.717) is 17.7 Å². The quantitative estimate of drug-likeness (QED) is 0.581. The first-order chi connectivity index (χ1) is 8.25. The van der Waals surface area contributed by atoms with Crippen LogP contribution in [0.1, 0.15) is 26.3 Å². The summed E-state index contributed by atoms with van der Waals surface area (Å²) in [6, 6.07) is 9.03. The van der Waals surface area contributed by atoms with Crippen molar-refractivity contribution in [2.45, 2.75) is 6.54 Å². The van der Waals surface area contributed by atoms with E-state index in [0.717, 1.165) is 5.56 Å². The number of hydrogen-bond donors (Lipinski definition) is 0. The maximum absolute atomic E-state index is 11.6. The number of ether oxygens (including phenoxy) is 1. The zero-order chi connectivity index (χ0) is 11.8. The van der Waals surface area contributed by atoms with E-state index in [1.54, 1.807) is 12.1 Å². The summed E-state index contributed by atoms with van der Waals surface area (Å²) < 4.78 is 6.54. The molecule has 17 heavy (non-hydrogen) atoms. The van der Waals surface area contributed by atoms with Gasteiger partial charge in [0.15, 0.2) is 0 Å². The molecule has 0 unspecified atom stereocenters. The third-order valence-corrected chi connectivity index (χ3v) is 2.78. The van der Waals surface area contributed by atoms with Crippen LogP contribution in [0.15, 0.2) is 42.7 Å². The molecular weight excluding hydrogens is 218 g/mol. The first-order valence-corrected chi connectivity index (χ1v) is 5.25. The molecule has 1 aromatic carbocycles. The maximum Gasteiger partial charge on any atom is 0.347 e. The molecule has 0 N–H and O–H groups in total. The molecule has 1 aromatic heterocycles. The van der Waals surface area contributed by atoms with Crippen molar-refractivity contribution in [1.82, 2.24) is 4.57 Å². The second kappa shape index (κ2) is 3.59. The lowest BCUT2D eigenvalue weighted by Gasteiger charge is -2.05. The van der Waals surface area contributed by atoms with Crippen LogP contribution in [0.3, 0.4) is 0 Å². The lowest BCUT2D eigenvalue weighted by Crippen LogP contribution is -2.04. The van der Waals surface area contributed by atoms with E-state index in [2.05, 4.69) is 4.74 Å². The molecule has 0 spiro atoms. The van der Waals surface area contributed by atoms with Crippen molar-refractivity contribution in [1.29, 1.82) is 0 Å². The molecule has 0 saturated carbocycles. The number of hydrogen-bond acceptors (Lipinski definition) is 3. The Bertz CT molecular complexity index is 599. The van der Waals surface area contributed by atoms with Crippen molar-refractivity contribution in [2.75, 3.05) is 0 Å². The number of nitrogens with zero attached hydrogens (tertiary/aromatic N) is 1. The third kappa shape index (κ3) is 1.54. The molecule has 2 aromatic rings. The van der Waals surface area contributed by atoms with Gasteiger partial charge >= 0.3 is 11.9 Å². The first-order valence-electron chi connectivity index (χ1n) is 5.25. The molecule has 1 aliphatic heterocycles. The molecule has 3 rings (SSSR count). The molecule has 0 bridgehead atoms. The molecule has 0 aliphatic carbocycles. The Morgan fingerprint density at radius 1 is 1.00 bits per heavy atom. The number of aromatic nitrogens is 1. The Morgan fingerprint density at radius 3 is 2.53 bits per heavy atom. The second-order valence-electron chi connectivity index (χ2n) is 3.87. The van der Waals surface area contributed by atoms with Crippen molar-refractivity contribution in [3.05, 3.63) is 59.4 Å². The van der Waals surface area contributed by atoms with E-state index in [9.17, 15) is 9.59 Å². The van der Waals surface area contributed by atoms with Crippen molar-refractivity contribution in [3.8, 4) is 0 Å². The third-order valence-electron chi connectivity index (χ3n) is 2.78. The standard InChI is InChI=1S/C13H9NO3/c15-12-10-5-3-4-9(11(10)13(16)17-12)8-14-6-1-2-7-14/h1-7H,8H2. The SMILES string of the molecule is O=C1OC(=O)c2c(Cn3cccc3)cccc21. The number of fused-ring (bicyclic) bond motifs is 1. The van der Waals surface area contributed by atoms with E-state index in [1.807, 2.05) is 35.2 Å². The predicted molar refractivity (Wildman–Crippen MR) is 59.7 cm³/mol. The smallest absolute Gasteiger partial charge is 0.347 e. The van der Waals surface area contributed by atoms with Crippen LogP contribution in [0.2, 0.25) is 0 Å². The van der Waals surface area contributed by atoms with Gasteiger partial charge in [-0.15, -0.1) is 0 Å². The highest BCUT2D eigenvalue weighted by Crippen LogP contribution is 2.24. The van der Waals surface area contributed by atoms with E-state index in [4.69, 9.17) is 0 Å². The summed E-state index contributed by atoms with van der Waals surface area (Å²) in [5, 5.41) is 0. The van der Waals surface area contributed by atoms with Gasteiger partial charge in [0.1, 0.15) is 0 Å². The summed E-state index contributed by atoms with van der Waals surface area (Å²) in [5.74, 6) is -1.10. The topological polar surface area (TPSA) is 48.3 Å². The van der Waals surface area contributed by atoms with Crippen LogP contribution in [0, 0.1) is 0 Å². The van der Waals surface area contributed by atoms with Gasteiger partial charge in [-0.25, -0.2) is 9.59 Å². The van der Waals surface area contributed by atoms with Crippen LogP contribution in [-0.4, -0.2) is 16.5 Å². The largest absolute Gasteiger partial charge is 0.386 e. The summed E-state index contributed by atoms with van der Waals surface area (Å²) >= 11 is 0. The molecule has 84 valence electrons. The highest BCUT2D eigenvalue weighted by atomic mass is 16.6. The Kier molecular flexibility index (Phi) is 2.08. The zero-order valence-corrected chi connectivity index (χ0v) is 8.92. The summed E-state index contributed by atoms with van der Waals surface area (Å²) in [6.45, 7) is 0.554. The van der Waals surface area contributed by atoms with Gasteiger partial charge < -0.3 is 9.30 Å². The van der Waals surface area contributed by atoms with Gasteiger partial charge in [0.2, 0.25) is 0 Å². The minimum absolute atomic E-state index is 0.361. The fourth-order valence-corrected chi connectivity index (χ4v) is 2.01. The van der Waals surface area contributed by atoms with Gasteiger partial charge in [0.25, 0.3) is 0 Å². The molecule has 4 nitrogen and oxygen atoms in total. The number of esters is 2. The van der Waals surface area contributed by atoms with E-state index >= 15 is 0 Å². The molecular formula is C13H9NO3. The highest BCUT2D eigenvalue weighted by molar-refractivity contribution is 6.15. The van der Waals surface area contributed by atoms with Gasteiger partial charge in [0.05, 0.1) is 11.1 Å². The van der Waals surface area contributed by atoms with Crippen LogP contribution >= 0.6 is 0 Å². The maximum atomic E-state index is 11.6. The molecule has 1 aliphatic rings. The van der Waals surface area contributed by atoms with Crippen LogP contribution in [0.4, 0.5) is 0 Å². The van der Waals surface area contributed by atoms with Crippen LogP contribution in [-0.2, 0) is 11.3 Å². The molecule has 0 atom stereocenters. The summed E-state index contributed by atoms with van der Waals surface area (Å²) in [5.41, 5.74) is 1.56. The summed E-state index contributed by atoms with van der Waals surface area (Å²) in [4.78, 5) is 23.0. The summed E-state index contributed by atoms with van der Waals surface area (Å²) in [7, 11) is 0. The van der Waals surface area contributed by atoms with Gasteiger partial charge in [-0.05, 0) is 23.8 Å². The molecule has 0 saturated heterocycles. The fourth-order valence-electron chi connectivity index (χ4n) is 2.01. The monoisotopic (exact) mass is 227 g/mol. The average molecular weight is 227 g/mol. The lowest BCUT2D eigenvalue weighted by atomic mass is 10.0. The first kappa shape index (κ1) is 9.84. The van der Waals surface area contributed by atoms with E-state index in [1.165, 1.54) is 0 Å². The normalized spacial score (nSPS) is 13.6. The molecule has 0 fully saturated rings. The van der Waals surface area contributed by atoms with Crippen molar-refractivity contribution in [3.63, 3.8) is 0 Å². The lowest BCUT2D eigenvalue weighted by molar-refractivity contribution is 0.0443. The highest BCUT2D eigenvalue weighted by Gasteiger charge is 2.31. The minimum Gasteiger partial charge on any atom is -0.386 e. The van der Waals surface area contributed by atoms with Gasteiger partial charge in [-0.2, -0.15) is 0 Å². The number of cyclic esters (lactones) is 2. The number of carbonyl (C=O) groups is 2. The minimum atomic E-state index is -0.556. The number of benzene rings is 1. The van der Waals surface area contributed by atoms with Gasteiger partial charge in [-0.1, -0.05) is 12.1 Å². The molecule has 2 heterocycles. The van der Waals surface area contributed by atoms with Gasteiger partial charge in [0, 0.05) is 18.9 Å². The van der Waals surface area contributed by atoms with Crippen LogP contribution < -0.4 is 0 Å². The van der Waals surface area contributed by atoms with Crippen molar-refractivity contribution in [2.24, 2.45) is 0 Å². The average Bonchev–Trinajstić information content (AvgIpc) is 2.90. The van der Waals surface area contributed by atoms with E-state index in [-0.39, 0.29) is 0 Å². The van der Waals surface area contributed by atoms with Crippen LogP contribution in [0.5, 0.6) is 0 Å². The second-order valence-corrected chi connectivity index (χ2v) is 3.87. The summed E-state index contributed by atoms with van der Waals surface area (Å²) in [6.07, 6.45) is 3.81. The zero-order valence-electron chi connectivity index (χ0n) is 8.92. The van der Waals surface area contributed by atoms with E-state index < -0.39 is 11.9 Å².